The van der Waals surface area contributed by atoms with Crippen LogP contribution in [0.3, 0.4) is 0 Å². The quantitative estimate of drug-likeness (QED) is 0.524. The number of hydrogen-bond acceptors (Lipinski definition) is 3. The SMILES string of the molecule is CCOC(=O)Cc1ccc(C#Cc2cc3c(cc2C)OC(C)(C)CC3(C)C)cc1. The summed E-state index contributed by atoms with van der Waals surface area (Å²) in [5.41, 5.74) is 5.08. The van der Waals surface area contributed by atoms with Gasteiger partial charge in [0.2, 0.25) is 0 Å². The van der Waals surface area contributed by atoms with Gasteiger partial charge in [-0.05, 0) is 74.9 Å². The van der Waals surface area contributed by atoms with Crippen molar-refractivity contribution in [2.24, 2.45) is 0 Å². The molecule has 152 valence electrons. The molecule has 0 atom stereocenters. The van der Waals surface area contributed by atoms with Crippen molar-refractivity contribution in [2.45, 2.75) is 65.4 Å². The molecule has 0 amide bonds. The van der Waals surface area contributed by atoms with E-state index in [1.54, 1.807) is 0 Å². The van der Waals surface area contributed by atoms with E-state index in [0.717, 1.165) is 34.4 Å². The van der Waals surface area contributed by atoms with E-state index in [1.807, 2.05) is 31.2 Å². The van der Waals surface area contributed by atoms with E-state index in [0.29, 0.717) is 6.61 Å². The molecule has 0 saturated heterocycles. The van der Waals surface area contributed by atoms with Gasteiger partial charge in [-0.1, -0.05) is 37.8 Å². The summed E-state index contributed by atoms with van der Waals surface area (Å²) < 4.78 is 11.2. The van der Waals surface area contributed by atoms with Gasteiger partial charge in [-0.3, -0.25) is 4.79 Å². The molecule has 0 spiro atoms. The third kappa shape index (κ3) is 5.01. The minimum atomic E-state index is -0.205. The molecule has 0 aromatic heterocycles. The molecule has 29 heavy (non-hydrogen) atoms. The fraction of sp³-hybridized carbons (Fsp3) is 0.423. The Morgan fingerprint density at radius 3 is 2.45 bits per heavy atom. The van der Waals surface area contributed by atoms with Gasteiger partial charge in [0, 0.05) is 16.7 Å². The van der Waals surface area contributed by atoms with Crippen LogP contribution in [0, 0.1) is 18.8 Å². The van der Waals surface area contributed by atoms with Gasteiger partial charge in [0.15, 0.2) is 0 Å². The van der Waals surface area contributed by atoms with E-state index >= 15 is 0 Å². The first-order valence-electron chi connectivity index (χ1n) is 10.2. The maximum atomic E-state index is 11.6. The highest BCUT2D eigenvalue weighted by atomic mass is 16.5. The van der Waals surface area contributed by atoms with Gasteiger partial charge < -0.3 is 9.47 Å². The van der Waals surface area contributed by atoms with E-state index in [2.05, 4.69) is 58.6 Å². The maximum absolute atomic E-state index is 11.6. The lowest BCUT2D eigenvalue weighted by Gasteiger charge is -2.42. The maximum Gasteiger partial charge on any atom is 0.310 e. The van der Waals surface area contributed by atoms with Crippen LogP contribution in [0.1, 0.15) is 68.9 Å². The molecule has 1 heterocycles. The monoisotopic (exact) mass is 390 g/mol. The molecule has 0 fully saturated rings. The summed E-state index contributed by atoms with van der Waals surface area (Å²) in [5.74, 6) is 7.34. The zero-order valence-corrected chi connectivity index (χ0v) is 18.3. The Kier molecular flexibility index (Phi) is 5.75. The average molecular weight is 391 g/mol. The van der Waals surface area contributed by atoms with Crippen LogP contribution in [-0.2, 0) is 21.4 Å². The molecule has 2 aromatic carbocycles. The zero-order valence-electron chi connectivity index (χ0n) is 18.3. The molecule has 0 radical (unpaired) electrons. The minimum absolute atomic E-state index is 0.0377. The molecule has 0 unspecified atom stereocenters. The van der Waals surface area contributed by atoms with Crippen LogP contribution in [0.15, 0.2) is 36.4 Å². The Morgan fingerprint density at radius 2 is 1.79 bits per heavy atom. The van der Waals surface area contributed by atoms with Gasteiger partial charge >= 0.3 is 5.97 Å². The molecule has 3 nitrogen and oxygen atoms in total. The van der Waals surface area contributed by atoms with Gasteiger partial charge in [0.05, 0.1) is 13.0 Å². The molecule has 1 aliphatic rings. The van der Waals surface area contributed by atoms with Crippen LogP contribution in [0.4, 0.5) is 0 Å². The molecule has 0 aliphatic carbocycles. The van der Waals surface area contributed by atoms with Crippen LogP contribution in [0.2, 0.25) is 0 Å². The van der Waals surface area contributed by atoms with E-state index in [9.17, 15) is 4.79 Å². The lowest BCUT2D eigenvalue weighted by atomic mass is 9.73. The first-order valence-corrected chi connectivity index (χ1v) is 10.2. The second kappa shape index (κ2) is 7.95. The van der Waals surface area contributed by atoms with Crippen LogP contribution in [-0.4, -0.2) is 18.2 Å². The molecule has 0 bridgehead atoms. The molecule has 1 aliphatic heterocycles. The highest BCUT2D eigenvalue weighted by molar-refractivity contribution is 5.72. The molecule has 0 saturated carbocycles. The first kappa shape index (κ1) is 21.0. The van der Waals surface area contributed by atoms with Crippen LogP contribution in [0.25, 0.3) is 0 Å². The highest BCUT2D eigenvalue weighted by Gasteiger charge is 2.39. The first-order chi connectivity index (χ1) is 13.6. The van der Waals surface area contributed by atoms with Gasteiger partial charge in [-0.2, -0.15) is 0 Å². The van der Waals surface area contributed by atoms with Crippen molar-refractivity contribution in [3.63, 3.8) is 0 Å². The van der Waals surface area contributed by atoms with Gasteiger partial charge in [-0.25, -0.2) is 0 Å². The third-order valence-electron chi connectivity index (χ3n) is 5.26. The van der Waals surface area contributed by atoms with Crippen molar-refractivity contribution in [3.05, 3.63) is 64.2 Å². The second-order valence-corrected chi connectivity index (χ2v) is 9.01. The average Bonchev–Trinajstić information content (AvgIpc) is 2.60. The normalized spacial score (nSPS) is 16.1. The lowest BCUT2D eigenvalue weighted by Crippen LogP contribution is -2.41. The third-order valence-corrected chi connectivity index (χ3v) is 5.26. The fourth-order valence-electron chi connectivity index (χ4n) is 4.15. The predicted octanol–water partition coefficient (Wildman–Crippen LogP) is 5.34. The van der Waals surface area contributed by atoms with Gasteiger partial charge in [0.1, 0.15) is 11.4 Å². The van der Waals surface area contributed by atoms with E-state index in [-0.39, 0.29) is 23.4 Å². The van der Waals surface area contributed by atoms with Crippen molar-refractivity contribution in [1.82, 2.24) is 0 Å². The number of hydrogen-bond donors (Lipinski definition) is 0. The van der Waals surface area contributed by atoms with Crippen LogP contribution in [0.5, 0.6) is 5.75 Å². The summed E-state index contributed by atoms with van der Waals surface area (Å²) in [6, 6.07) is 12.1. The summed E-state index contributed by atoms with van der Waals surface area (Å²) in [6.45, 7) is 13.1. The lowest BCUT2D eigenvalue weighted by molar-refractivity contribution is -0.142. The summed E-state index contributed by atoms with van der Waals surface area (Å²) in [4.78, 5) is 11.6. The number of rotatable bonds is 3. The minimum Gasteiger partial charge on any atom is -0.488 e. The zero-order chi connectivity index (χ0) is 21.2. The Balaban J connectivity index is 1.84. The fourth-order valence-corrected chi connectivity index (χ4v) is 4.15. The van der Waals surface area contributed by atoms with Crippen molar-refractivity contribution in [1.29, 1.82) is 0 Å². The number of fused-ring (bicyclic) bond motifs is 1. The molecule has 3 rings (SSSR count). The van der Waals surface area contributed by atoms with E-state index in [4.69, 9.17) is 9.47 Å². The number of carbonyl (C=O) groups is 1. The van der Waals surface area contributed by atoms with Gasteiger partial charge in [-0.15, -0.1) is 0 Å². The molecular formula is C26H30O3. The Hall–Kier alpha value is -2.73. The van der Waals surface area contributed by atoms with Crippen molar-refractivity contribution >= 4 is 5.97 Å². The summed E-state index contributed by atoms with van der Waals surface area (Å²) in [5, 5.41) is 0. The molecule has 2 aromatic rings. The standard InChI is InChI=1S/C26H30O3/c1-7-28-24(27)15-20-10-8-19(9-11-20)12-13-21-16-22-23(14-18(21)2)29-26(5,6)17-25(22,3)4/h8-11,14,16H,7,15,17H2,1-6H3. The molecular weight excluding hydrogens is 360 g/mol. The summed E-state index contributed by atoms with van der Waals surface area (Å²) in [7, 11) is 0. The van der Waals surface area contributed by atoms with E-state index in [1.165, 1.54) is 5.56 Å². The van der Waals surface area contributed by atoms with Crippen molar-refractivity contribution in [3.8, 4) is 17.6 Å². The van der Waals surface area contributed by atoms with E-state index < -0.39 is 0 Å². The summed E-state index contributed by atoms with van der Waals surface area (Å²) >= 11 is 0. The largest absolute Gasteiger partial charge is 0.488 e. The highest BCUT2D eigenvalue weighted by Crippen LogP contribution is 2.45. The number of ether oxygens (including phenoxy) is 2. The van der Waals surface area contributed by atoms with Gasteiger partial charge in [0.25, 0.3) is 0 Å². The predicted molar refractivity (Wildman–Crippen MR) is 116 cm³/mol. The number of aryl methyl sites for hydroxylation is 1. The van der Waals surface area contributed by atoms with Crippen molar-refractivity contribution < 1.29 is 14.3 Å². The van der Waals surface area contributed by atoms with Crippen LogP contribution < -0.4 is 4.74 Å². The summed E-state index contributed by atoms with van der Waals surface area (Å²) in [6.07, 6.45) is 1.25. The Bertz CT molecular complexity index is 969. The second-order valence-electron chi connectivity index (χ2n) is 9.01. The topological polar surface area (TPSA) is 35.5 Å². The number of benzene rings is 2. The van der Waals surface area contributed by atoms with Crippen molar-refractivity contribution in [2.75, 3.05) is 6.61 Å². The molecule has 3 heteroatoms. The smallest absolute Gasteiger partial charge is 0.310 e. The Labute approximate surface area is 174 Å². The number of esters is 1. The van der Waals surface area contributed by atoms with Crippen LogP contribution >= 0.6 is 0 Å². The Morgan fingerprint density at radius 1 is 1.10 bits per heavy atom. The number of carbonyl (C=O) groups excluding carboxylic acids is 1. The molecule has 0 N–H and O–H groups in total.